The van der Waals surface area contributed by atoms with Gasteiger partial charge in [-0.25, -0.2) is 0 Å². The SMILES string of the molecule is N#CC(C#N)=Cc1ccc(C#Cc2ccc3ccc4cccc5ccc2c3c45)s1. The fourth-order valence-corrected chi connectivity index (χ4v) is 4.51. The minimum atomic E-state index is 0.0955. The summed E-state index contributed by atoms with van der Waals surface area (Å²) >= 11 is 1.47. The molecule has 0 radical (unpaired) electrons. The van der Waals surface area contributed by atoms with E-state index < -0.39 is 0 Å². The fraction of sp³-hybridized carbons (Fsp3) is 0. The van der Waals surface area contributed by atoms with Gasteiger partial charge in [-0.3, -0.25) is 0 Å². The molecular weight excluding hydrogens is 372 g/mol. The number of allylic oxidation sites excluding steroid dienone is 1. The van der Waals surface area contributed by atoms with Gasteiger partial charge in [0.25, 0.3) is 0 Å². The van der Waals surface area contributed by atoms with Gasteiger partial charge < -0.3 is 0 Å². The van der Waals surface area contributed by atoms with Gasteiger partial charge in [-0.1, -0.05) is 60.4 Å². The molecule has 1 aromatic heterocycles. The predicted octanol–water partition coefficient (Wildman–Crippen LogP) is 6.48. The highest BCUT2D eigenvalue weighted by molar-refractivity contribution is 7.13. The molecule has 4 aromatic carbocycles. The third-order valence-electron chi connectivity index (χ3n) is 5.00. The molecule has 0 spiro atoms. The molecule has 0 fully saturated rings. The average molecular weight is 384 g/mol. The minimum absolute atomic E-state index is 0.0955. The van der Waals surface area contributed by atoms with Crippen LogP contribution >= 0.6 is 11.3 Å². The zero-order chi connectivity index (χ0) is 19.8. The number of benzene rings is 4. The van der Waals surface area contributed by atoms with Gasteiger partial charge in [-0.2, -0.15) is 10.5 Å². The summed E-state index contributed by atoms with van der Waals surface area (Å²) in [6.45, 7) is 0. The van der Waals surface area contributed by atoms with Crippen molar-refractivity contribution in [2.45, 2.75) is 0 Å². The van der Waals surface area contributed by atoms with E-state index in [4.69, 9.17) is 10.5 Å². The van der Waals surface area contributed by atoms with Crippen molar-refractivity contribution in [3.05, 3.63) is 87.6 Å². The molecule has 0 saturated heterocycles. The van der Waals surface area contributed by atoms with Crippen LogP contribution in [0.2, 0.25) is 0 Å². The summed E-state index contributed by atoms with van der Waals surface area (Å²) in [5, 5.41) is 25.2. The highest BCUT2D eigenvalue weighted by Gasteiger charge is 2.09. The standard InChI is InChI=1S/C26H12N2S/c27-15-17(16-28)14-23-12-11-22(29-23)10-8-18-4-5-21-7-6-19-2-1-3-20-9-13-24(18)26(21)25(19)20/h1-7,9,11-14H. The Balaban J connectivity index is 1.63. The highest BCUT2D eigenvalue weighted by Crippen LogP contribution is 2.35. The van der Waals surface area contributed by atoms with E-state index in [1.165, 1.54) is 38.3 Å². The third kappa shape index (κ3) is 2.90. The van der Waals surface area contributed by atoms with Crippen LogP contribution < -0.4 is 0 Å². The monoisotopic (exact) mass is 384 g/mol. The Labute approximate surface area is 171 Å². The Bertz CT molecular complexity index is 1540. The molecule has 3 heteroatoms. The topological polar surface area (TPSA) is 47.6 Å². The number of rotatable bonds is 1. The Morgan fingerprint density at radius 2 is 1.41 bits per heavy atom. The molecule has 0 unspecified atom stereocenters. The fourth-order valence-electron chi connectivity index (χ4n) is 3.70. The summed E-state index contributed by atoms with van der Waals surface area (Å²) in [4.78, 5) is 1.75. The average Bonchev–Trinajstić information content (AvgIpc) is 3.22. The van der Waals surface area contributed by atoms with Crippen molar-refractivity contribution >= 4 is 49.7 Å². The maximum Gasteiger partial charge on any atom is 0.131 e. The molecule has 5 aromatic rings. The van der Waals surface area contributed by atoms with Crippen LogP contribution in [0.25, 0.3) is 38.4 Å². The lowest BCUT2D eigenvalue weighted by atomic mass is 9.92. The quantitative estimate of drug-likeness (QED) is 0.189. The Morgan fingerprint density at radius 3 is 2.17 bits per heavy atom. The van der Waals surface area contributed by atoms with E-state index in [1.807, 2.05) is 24.3 Å². The molecule has 0 atom stereocenters. The second-order valence-electron chi connectivity index (χ2n) is 6.70. The van der Waals surface area contributed by atoms with Crippen LogP contribution in [0.4, 0.5) is 0 Å². The summed E-state index contributed by atoms with van der Waals surface area (Å²) < 4.78 is 0. The first-order chi connectivity index (χ1) is 14.3. The lowest BCUT2D eigenvalue weighted by molar-refractivity contribution is 1.47. The van der Waals surface area contributed by atoms with Gasteiger partial charge >= 0.3 is 0 Å². The molecule has 2 nitrogen and oxygen atoms in total. The smallest absolute Gasteiger partial charge is 0.131 e. The summed E-state index contributed by atoms with van der Waals surface area (Å²) in [6.07, 6.45) is 1.59. The molecule has 0 aliphatic carbocycles. The predicted molar refractivity (Wildman–Crippen MR) is 120 cm³/mol. The van der Waals surface area contributed by atoms with Gasteiger partial charge in [0.2, 0.25) is 0 Å². The summed E-state index contributed by atoms with van der Waals surface area (Å²) in [5.41, 5.74) is 1.09. The van der Waals surface area contributed by atoms with E-state index in [2.05, 4.69) is 66.4 Å². The van der Waals surface area contributed by atoms with E-state index in [9.17, 15) is 0 Å². The Kier molecular flexibility index (Phi) is 4.00. The van der Waals surface area contributed by atoms with Crippen LogP contribution in [-0.4, -0.2) is 0 Å². The normalized spacial score (nSPS) is 10.4. The van der Waals surface area contributed by atoms with Gasteiger partial charge in [0, 0.05) is 10.4 Å². The van der Waals surface area contributed by atoms with Crippen LogP contribution in [0, 0.1) is 34.5 Å². The molecule has 0 saturated carbocycles. The third-order valence-corrected chi connectivity index (χ3v) is 5.95. The van der Waals surface area contributed by atoms with Crippen molar-refractivity contribution < 1.29 is 0 Å². The van der Waals surface area contributed by atoms with Gasteiger partial charge in [0.05, 0.1) is 4.88 Å². The van der Waals surface area contributed by atoms with E-state index in [1.54, 1.807) is 6.08 Å². The van der Waals surface area contributed by atoms with Gasteiger partial charge in [-0.05, 0) is 56.6 Å². The summed E-state index contributed by atoms with van der Waals surface area (Å²) in [7, 11) is 0. The molecule has 0 bridgehead atoms. The number of hydrogen-bond acceptors (Lipinski definition) is 3. The van der Waals surface area contributed by atoms with Crippen molar-refractivity contribution in [3.8, 4) is 24.0 Å². The number of thiophene rings is 1. The molecule has 132 valence electrons. The van der Waals surface area contributed by atoms with Crippen LogP contribution in [0.5, 0.6) is 0 Å². The van der Waals surface area contributed by atoms with Crippen LogP contribution in [0.1, 0.15) is 15.3 Å². The largest absolute Gasteiger partial charge is 0.192 e. The highest BCUT2D eigenvalue weighted by atomic mass is 32.1. The van der Waals surface area contributed by atoms with Crippen molar-refractivity contribution in [3.63, 3.8) is 0 Å². The molecule has 1 heterocycles. The second-order valence-corrected chi connectivity index (χ2v) is 7.82. The number of hydrogen-bond donors (Lipinski definition) is 0. The number of nitrogens with zero attached hydrogens (tertiary/aromatic N) is 2. The molecule has 0 aliphatic heterocycles. The number of nitriles is 2. The molecule has 5 rings (SSSR count). The van der Waals surface area contributed by atoms with Gasteiger partial charge in [-0.15, -0.1) is 11.3 Å². The maximum atomic E-state index is 8.90. The van der Waals surface area contributed by atoms with Crippen LogP contribution in [0.3, 0.4) is 0 Å². The van der Waals surface area contributed by atoms with E-state index >= 15 is 0 Å². The first-order valence-electron chi connectivity index (χ1n) is 9.07. The zero-order valence-corrected chi connectivity index (χ0v) is 16.0. The molecule has 0 N–H and O–H groups in total. The summed E-state index contributed by atoms with van der Waals surface area (Å²) in [5.74, 6) is 6.56. The summed E-state index contributed by atoms with van der Waals surface area (Å²) in [6, 6.07) is 26.8. The minimum Gasteiger partial charge on any atom is -0.192 e. The zero-order valence-electron chi connectivity index (χ0n) is 15.2. The first-order valence-corrected chi connectivity index (χ1v) is 9.89. The maximum absolute atomic E-state index is 8.90. The molecular formula is C26H12N2S. The molecule has 29 heavy (non-hydrogen) atoms. The lowest BCUT2D eigenvalue weighted by Gasteiger charge is -2.11. The van der Waals surface area contributed by atoms with Crippen molar-refractivity contribution in [1.82, 2.24) is 0 Å². The van der Waals surface area contributed by atoms with Crippen LogP contribution in [0.15, 0.2) is 72.3 Å². The Hall–Kier alpha value is -4.10. The first kappa shape index (κ1) is 17.0. The lowest BCUT2D eigenvalue weighted by Crippen LogP contribution is -1.86. The second kappa shape index (κ2) is 6.81. The van der Waals surface area contributed by atoms with Gasteiger partial charge in [0.15, 0.2) is 0 Å². The molecule has 0 amide bonds. The van der Waals surface area contributed by atoms with E-state index in [-0.39, 0.29) is 5.57 Å². The van der Waals surface area contributed by atoms with E-state index in [0.717, 1.165) is 20.7 Å². The van der Waals surface area contributed by atoms with E-state index in [0.29, 0.717) is 0 Å². The Morgan fingerprint density at radius 1 is 0.724 bits per heavy atom. The van der Waals surface area contributed by atoms with Crippen molar-refractivity contribution in [2.24, 2.45) is 0 Å². The van der Waals surface area contributed by atoms with Crippen molar-refractivity contribution in [1.29, 1.82) is 10.5 Å². The van der Waals surface area contributed by atoms with Gasteiger partial charge in [0.1, 0.15) is 17.7 Å². The molecule has 0 aliphatic rings. The van der Waals surface area contributed by atoms with Crippen molar-refractivity contribution in [2.75, 3.05) is 0 Å². The van der Waals surface area contributed by atoms with Crippen LogP contribution in [-0.2, 0) is 0 Å².